The molecule has 0 aliphatic carbocycles. The summed E-state index contributed by atoms with van der Waals surface area (Å²) in [6.07, 6.45) is 3.13. The Labute approximate surface area is 260 Å². The zero-order valence-corrected chi connectivity index (χ0v) is 26.8. The van der Waals surface area contributed by atoms with Gasteiger partial charge in [0.25, 0.3) is 5.56 Å². The van der Waals surface area contributed by atoms with E-state index in [1.54, 1.807) is 18.6 Å². The third kappa shape index (κ3) is 6.01. The summed E-state index contributed by atoms with van der Waals surface area (Å²) in [5, 5.41) is 1.85. The second-order valence-corrected chi connectivity index (χ2v) is 11.6. The van der Waals surface area contributed by atoms with Gasteiger partial charge in [0.1, 0.15) is 11.8 Å². The van der Waals surface area contributed by atoms with E-state index in [4.69, 9.17) is 23.9 Å². The van der Waals surface area contributed by atoms with Crippen LogP contribution in [0.5, 0.6) is 17.2 Å². The van der Waals surface area contributed by atoms with Crippen molar-refractivity contribution in [3.8, 4) is 17.2 Å². The number of thiazole rings is 1. The van der Waals surface area contributed by atoms with Crippen LogP contribution in [-0.2, 0) is 9.53 Å². The Bertz CT molecular complexity index is 1900. The lowest BCUT2D eigenvalue weighted by Crippen LogP contribution is -2.40. The molecule has 1 atom stereocenters. The fourth-order valence-corrected chi connectivity index (χ4v) is 6.53. The van der Waals surface area contributed by atoms with E-state index in [2.05, 4.69) is 0 Å². The first-order chi connectivity index (χ1) is 21.3. The summed E-state index contributed by atoms with van der Waals surface area (Å²) in [6.45, 7) is 10.3. The molecule has 8 nitrogen and oxygen atoms in total. The molecule has 1 aromatic heterocycles. The highest BCUT2D eigenvalue weighted by Crippen LogP contribution is 2.41. The SMILES string of the molecule is CCCC1=C(C(=O)OCC)[C@H](c2c(OC)ccc3ccccc23)n2c(s/c(=C\c3ccc(OC(C)C)c(OCC)c3)c2=O)=N1. The summed E-state index contributed by atoms with van der Waals surface area (Å²) in [7, 11) is 1.60. The zero-order valence-electron chi connectivity index (χ0n) is 26.0. The normalized spacial score (nSPS) is 14.9. The average molecular weight is 615 g/mol. The summed E-state index contributed by atoms with van der Waals surface area (Å²) < 4.78 is 25.3. The van der Waals surface area contributed by atoms with Crippen molar-refractivity contribution >= 4 is 34.2 Å². The molecule has 1 aliphatic heterocycles. The van der Waals surface area contributed by atoms with Gasteiger partial charge in [0.15, 0.2) is 16.3 Å². The molecule has 1 aliphatic rings. The van der Waals surface area contributed by atoms with E-state index in [1.807, 2.05) is 88.4 Å². The smallest absolute Gasteiger partial charge is 0.338 e. The van der Waals surface area contributed by atoms with Gasteiger partial charge < -0.3 is 18.9 Å². The van der Waals surface area contributed by atoms with Crippen LogP contribution in [0.25, 0.3) is 16.8 Å². The quantitative estimate of drug-likeness (QED) is 0.195. The van der Waals surface area contributed by atoms with Crippen molar-refractivity contribution in [1.82, 2.24) is 4.57 Å². The molecule has 0 saturated heterocycles. The lowest BCUT2D eigenvalue weighted by molar-refractivity contribution is -0.139. The Kier molecular flexibility index (Phi) is 9.54. The van der Waals surface area contributed by atoms with E-state index < -0.39 is 12.0 Å². The minimum Gasteiger partial charge on any atom is -0.496 e. The maximum Gasteiger partial charge on any atom is 0.338 e. The summed E-state index contributed by atoms with van der Waals surface area (Å²) in [5.41, 5.74) is 2.22. The highest BCUT2D eigenvalue weighted by molar-refractivity contribution is 7.07. The number of rotatable bonds is 11. The number of benzene rings is 3. The van der Waals surface area contributed by atoms with Gasteiger partial charge in [-0.2, -0.15) is 0 Å². The van der Waals surface area contributed by atoms with Crippen LogP contribution in [0.15, 0.2) is 75.7 Å². The third-order valence-corrected chi connectivity index (χ3v) is 8.23. The third-order valence-electron chi connectivity index (χ3n) is 7.24. The number of allylic oxidation sites excluding steroid dienone is 1. The molecule has 0 spiro atoms. The van der Waals surface area contributed by atoms with Crippen molar-refractivity contribution in [2.75, 3.05) is 20.3 Å². The van der Waals surface area contributed by atoms with Crippen LogP contribution in [0.2, 0.25) is 0 Å². The maximum absolute atomic E-state index is 14.4. The topological polar surface area (TPSA) is 88.4 Å². The van der Waals surface area contributed by atoms with Gasteiger partial charge in [0, 0.05) is 5.56 Å². The predicted molar refractivity (Wildman–Crippen MR) is 174 cm³/mol. The number of aromatic nitrogens is 1. The highest BCUT2D eigenvalue weighted by atomic mass is 32.1. The fourth-order valence-electron chi connectivity index (χ4n) is 5.52. The zero-order chi connectivity index (χ0) is 31.4. The second kappa shape index (κ2) is 13.5. The van der Waals surface area contributed by atoms with Crippen LogP contribution < -0.4 is 29.1 Å². The Balaban J connectivity index is 1.80. The van der Waals surface area contributed by atoms with E-state index >= 15 is 0 Å². The number of ether oxygens (including phenoxy) is 4. The summed E-state index contributed by atoms with van der Waals surface area (Å²) in [4.78, 5) is 33.5. The lowest BCUT2D eigenvalue weighted by Gasteiger charge is -2.28. The summed E-state index contributed by atoms with van der Waals surface area (Å²) in [5.74, 6) is 1.34. The van der Waals surface area contributed by atoms with Crippen molar-refractivity contribution in [3.05, 3.63) is 96.7 Å². The van der Waals surface area contributed by atoms with Gasteiger partial charge in [0.2, 0.25) is 0 Å². The highest BCUT2D eigenvalue weighted by Gasteiger charge is 2.37. The molecular formula is C35H38N2O6S. The van der Waals surface area contributed by atoms with E-state index in [1.165, 1.54) is 11.3 Å². The van der Waals surface area contributed by atoms with Gasteiger partial charge >= 0.3 is 5.97 Å². The number of fused-ring (bicyclic) bond motifs is 2. The minimum absolute atomic E-state index is 0.0132. The Morgan fingerprint density at radius 1 is 1.02 bits per heavy atom. The van der Waals surface area contributed by atoms with Crippen LogP contribution in [0.3, 0.4) is 0 Å². The molecule has 0 radical (unpaired) electrons. The van der Waals surface area contributed by atoms with Crippen molar-refractivity contribution < 1.29 is 23.7 Å². The Morgan fingerprint density at radius 2 is 1.80 bits per heavy atom. The monoisotopic (exact) mass is 614 g/mol. The molecule has 0 saturated carbocycles. The number of carbonyl (C=O) groups is 1. The van der Waals surface area contributed by atoms with E-state index in [-0.39, 0.29) is 18.3 Å². The summed E-state index contributed by atoms with van der Waals surface area (Å²) >= 11 is 1.29. The number of carbonyl (C=O) groups excluding carboxylic acids is 1. The molecule has 0 unspecified atom stereocenters. The van der Waals surface area contributed by atoms with Crippen molar-refractivity contribution in [2.45, 2.75) is 59.6 Å². The largest absolute Gasteiger partial charge is 0.496 e. The fraction of sp³-hybridized carbons (Fsp3) is 0.343. The maximum atomic E-state index is 14.4. The van der Waals surface area contributed by atoms with Crippen LogP contribution in [0.1, 0.15) is 64.6 Å². The molecule has 5 rings (SSSR count). The summed E-state index contributed by atoms with van der Waals surface area (Å²) in [6, 6.07) is 16.6. The number of esters is 1. The van der Waals surface area contributed by atoms with Crippen LogP contribution in [0, 0.1) is 0 Å². The molecule has 2 heterocycles. The van der Waals surface area contributed by atoms with Gasteiger partial charge in [-0.15, -0.1) is 0 Å². The van der Waals surface area contributed by atoms with Crippen molar-refractivity contribution in [3.63, 3.8) is 0 Å². The van der Waals surface area contributed by atoms with Gasteiger partial charge in [-0.1, -0.05) is 61.1 Å². The van der Waals surface area contributed by atoms with E-state index in [0.29, 0.717) is 50.9 Å². The molecule has 0 bridgehead atoms. The molecule has 4 aromatic rings. The molecular weight excluding hydrogens is 576 g/mol. The first kappa shape index (κ1) is 31.1. The molecule has 44 heavy (non-hydrogen) atoms. The van der Waals surface area contributed by atoms with E-state index in [9.17, 15) is 9.59 Å². The van der Waals surface area contributed by atoms with Gasteiger partial charge in [-0.25, -0.2) is 9.79 Å². The Hall–Kier alpha value is -4.37. The predicted octanol–water partition coefficient (Wildman–Crippen LogP) is 5.93. The minimum atomic E-state index is -0.796. The standard InChI is InChI=1S/C35H38N2O6S/c1-7-12-25-31(34(39)42-9-3)32(30-24-14-11-10-13-23(24)16-18-27(30)40-6)37-33(38)29(44-35(37)36-25)20-22-15-17-26(43-21(4)5)28(19-22)41-8-2/h10-11,13-21,32H,7-9,12H2,1-6H3/b29-20-/t32-/m0/s1. The number of methoxy groups -OCH3 is 1. The van der Waals surface area contributed by atoms with E-state index in [0.717, 1.165) is 28.3 Å². The number of hydrogen-bond donors (Lipinski definition) is 0. The molecule has 9 heteroatoms. The first-order valence-electron chi connectivity index (χ1n) is 15.0. The molecule has 230 valence electrons. The molecule has 0 N–H and O–H groups in total. The second-order valence-electron chi connectivity index (χ2n) is 10.6. The Morgan fingerprint density at radius 3 is 2.50 bits per heavy atom. The van der Waals surface area contributed by atoms with Crippen LogP contribution in [-0.4, -0.2) is 37.0 Å². The number of hydrogen-bond acceptors (Lipinski definition) is 8. The molecule has 0 amide bonds. The number of nitrogens with zero attached hydrogens (tertiary/aromatic N) is 2. The first-order valence-corrected chi connectivity index (χ1v) is 15.8. The van der Waals surface area contributed by atoms with Crippen LogP contribution >= 0.6 is 11.3 Å². The average Bonchev–Trinajstić information content (AvgIpc) is 3.31. The molecule has 3 aromatic carbocycles. The van der Waals surface area contributed by atoms with Crippen molar-refractivity contribution in [2.24, 2.45) is 4.99 Å². The van der Waals surface area contributed by atoms with Gasteiger partial charge in [0.05, 0.1) is 42.2 Å². The molecule has 0 fully saturated rings. The lowest BCUT2D eigenvalue weighted by atomic mass is 9.90. The van der Waals surface area contributed by atoms with Gasteiger partial charge in [-0.3, -0.25) is 9.36 Å². The van der Waals surface area contributed by atoms with Crippen molar-refractivity contribution in [1.29, 1.82) is 0 Å². The van der Waals surface area contributed by atoms with Gasteiger partial charge in [-0.05, 0) is 74.7 Å². The van der Waals surface area contributed by atoms with Crippen LogP contribution in [0.4, 0.5) is 0 Å².